The summed E-state index contributed by atoms with van der Waals surface area (Å²) in [6.45, 7) is 8.95. The number of carbonyl (C=O) groups excluding carboxylic acids is 2. The minimum absolute atomic E-state index is 0.130. The Kier molecular flexibility index (Phi) is 5.15. The third-order valence-corrected chi connectivity index (χ3v) is 7.76. The molecule has 1 atom stereocenters. The molecule has 166 valence electrons. The van der Waals surface area contributed by atoms with Gasteiger partial charge in [-0.15, -0.1) is 0 Å². The molecule has 0 bridgehead atoms. The summed E-state index contributed by atoms with van der Waals surface area (Å²) in [5, 5.41) is 0. The van der Waals surface area contributed by atoms with Crippen molar-refractivity contribution >= 4 is 11.9 Å². The number of nitrogens with zero attached hydrogens (tertiary/aromatic N) is 2. The molecule has 0 aromatic heterocycles. The van der Waals surface area contributed by atoms with Gasteiger partial charge in [0.15, 0.2) is 0 Å². The molecule has 7 nitrogen and oxygen atoms in total. The molecule has 4 heterocycles. The number of carbonyl (C=O) groups is 2. The van der Waals surface area contributed by atoms with E-state index in [0.717, 1.165) is 67.8 Å². The molecule has 1 aromatic rings. The van der Waals surface area contributed by atoms with Gasteiger partial charge in [-0.2, -0.15) is 0 Å². The first kappa shape index (κ1) is 20.7. The highest BCUT2D eigenvalue weighted by Crippen LogP contribution is 2.44. The highest BCUT2D eigenvalue weighted by molar-refractivity contribution is 5.94. The fourth-order valence-electron chi connectivity index (χ4n) is 5.67. The zero-order valence-electron chi connectivity index (χ0n) is 18.4. The maximum Gasteiger partial charge on any atom is 0.338 e. The molecule has 7 heteroatoms. The van der Waals surface area contributed by atoms with Crippen LogP contribution in [0, 0.1) is 12.3 Å². The molecule has 1 unspecified atom stereocenters. The Bertz CT molecular complexity index is 962. The second-order valence-corrected chi connectivity index (χ2v) is 9.50. The Morgan fingerprint density at radius 2 is 1.81 bits per heavy atom. The van der Waals surface area contributed by atoms with Gasteiger partial charge in [0.25, 0.3) is 0 Å². The van der Waals surface area contributed by atoms with Crippen LogP contribution in [0.1, 0.15) is 59.3 Å². The zero-order chi connectivity index (χ0) is 21.8. The maximum atomic E-state index is 13.3. The number of piperidine rings is 1. The summed E-state index contributed by atoms with van der Waals surface area (Å²) in [6.07, 6.45) is 2.70. The number of hydrogen-bond donors (Lipinski definition) is 1. The molecule has 0 radical (unpaired) electrons. The highest BCUT2D eigenvalue weighted by Gasteiger charge is 2.49. The van der Waals surface area contributed by atoms with Crippen molar-refractivity contribution in [2.75, 3.05) is 39.4 Å². The summed E-state index contributed by atoms with van der Waals surface area (Å²) in [4.78, 5) is 29.5. The fraction of sp³-hybridized carbons (Fsp3) is 0.583. The monoisotopic (exact) mass is 425 g/mol. The van der Waals surface area contributed by atoms with Gasteiger partial charge in [0.1, 0.15) is 6.61 Å². The Morgan fingerprint density at radius 3 is 2.52 bits per heavy atom. The number of fused-ring (bicyclic) bond motifs is 1. The number of esters is 1. The standard InChI is InChI=1S/C24H31N3O4/c1-15-12-30-14-21(15)27-10-7-24(23(27)29)5-8-26(9-6-24)11-20(25)17-3-4-18-19(16(17)2)13-31-22(18)28/h3-4,20H,5-14,25H2,1-2H3. The average molecular weight is 426 g/mol. The number of likely N-dealkylation sites (tertiary alicyclic amines) is 2. The first-order chi connectivity index (χ1) is 14.9. The second kappa shape index (κ2) is 7.73. The molecule has 1 spiro atoms. The highest BCUT2D eigenvalue weighted by atomic mass is 16.5. The van der Waals surface area contributed by atoms with Gasteiger partial charge in [0.05, 0.1) is 24.2 Å². The normalized spacial score (nSPS) is 24.3. The minimum Gasteiger partial charge on any atom is -0.457 e. The fourth-order valence-corrected chi connectivity index (χ4v) is 5.67. The lowest BCUT2D eigenvalue weighted by Gasteiger charge is -2.39. The predicted molar refractivity (Wildman–Crippen MR) is 115 cm³/mol. The summed E-state index contributed by atoms with van der Waals surface area (Å²) < 4.78 is 10.7. The van der Waals surface area contributed by atoms with Crippen molar-refractivity contribution in [1.29, 1.82) is 0 Å². The van der Waals surface area contributed by atoms with Gasteiger partial charge >= 0.3 is 5.97 Å². The molecule has 0 saturated carbocycles. The van der Waals surface area contributed by atoms with Gasteiger partial charge in [-0.1, -0.05) is 6.07 Å². The van der Waals surface area contributed by atoms with Crippen LogP contribution in [0.4, 0.5) is 0 Å². The number of hydrogen-bond acceptors (Lipinski definition) is 6. The topological polar surface area (TPSA) is 85.1 Å². The van der Waals surface area contributed by atoms with Crippen molar-refractivity contribution < 1.29 is 19.1 Å². The van der Waals surface area contributed by atoms with E-state index in [4.69, 9.17) is 15.2 Å². The SMILES string of the molecule is CC1=C(N2CCC3(CCN(CC(N)c4ccc5c(c4C)COC5=O)CC3)C2=O)COC1. The summed E-state index contributed by atoms with van der Waals surface area (Å²) >= 11 is 0. The van der Waals surface area contributed by atoms with Crippen LogP contribution in [0.2, 0.25) is 0 Å². The molecule has 4 aliphatic rings. The van der Waals surface area contributed by atoms with E-state index >= 15 is 0 Å². The van der Waals surface area contributed by atoms with Gasteiger partial charge in [0, 0.05) is 30.4 Å². The van der Waals surface area contributed by atoms with Crippen LogP contribution in [0.15, 0.2) is 23.4 Å². The van der Waals surface area contributed by atoms with Crippen molar-refractivity contribution in [2.45, 2.75) is 45.8 Å². The van der Waals surface area contributed by atoms with Gasteiger partial charge < -0.3 is 25.0 Å². The lowest BCUT2D eigenvalue weighted by Crippen LogP contribution is -2.46. The molecular weight excluding hydrogens is 394 g/mol. The lowest BCUT2D eigenvalue weighted by molar-refractivity contribution is -0.137. The summed E-state index contributed by atoms with van der Waals surface area (Å²) in [7, 11) is 0. The van der Waals surface area contributed by atoms with E-state index in [-0.39, 0.29) is 23.3 Å². The molecule has 31 heavy (non-hydrogen) atoms. The zero-order valence-corrected chi connectivity index (χ0v) is 18.4. The largest absolute Gasteiger partial charge is 0.457 e. The Labute approximate surface area is 183 Å². The molecule has 2 N–H and O–H groups in total. The van der Waals surface area contributed by atoms with E-state index in [1.165, 1.54) is 5.57 Å². The number of ether oxygens (including phenoxy) is 2. The van der Waals surface area contributed by atoms with Gasteiger partial charge in [0.2, 0.25) is 5.91 Å². The van der Waals surface area contributed by atoms with Crippen molar-refractivity contribution in [3.8, 4) is 0 Å². The third-order valence-electron chi connectivity index (χ3n) is 7.76. The van der Waals surface area contributed by atoms with Crippen LogP contribution < -0.4 is 5.73 Å². The van der Waals surface area contributed by atoms with Crippen molar-refractivity contribution in [3.63, 3.8) is 0 Å². The molecule has 4 aliphatic heterocycles. The quantitative estimate of drug-likeness (QED) is 0.745. The lowest BCUT2D eigenvalue weighted by atomic mass is 9.77. The van der Waals surface area contributed by atoms with E-state index in [2.05, 4.69) is 11.8 Å². The van der Waals surface area contributed by atoms with Crippen molar-refractivity contribution in [3.05, 3.63) is 45.7 Å². The van der Waals surface area contributed by atoms with E-state index in [1.54, 1.807) is 0 Å². The summed E-state index contributed by atoms with van der Waals surface area (Å²) in [6, 6.07) is 3.68. The molecule has 2 fully saturated rings. The first-order valence-corrected chi connectivity index (χ1v) is 11.3. The third kappa shape index (κ3) is 3.39. The van der Waals surface area contributed by atoms with Gasteiger partial charge in [-0.3, -0.25) is 4.79 Å². The average Bonchev–Trinajstić information content (AvgIpc) is 3.43. The number of nitrogens with two attached hydrogens (primary N) is 1. The van der Waals surface area contributed by atoms with Crippen LogP contribution in [0.3, 0.4) is 0 Å². The van der Waals surface area contributed by atoms with E-state index in [1.807, 2.05) is 24.0 Å². The smallest absolute Gasteiger partial charge is 0.338 e. The number of amides is 1. The molecule has 2 saturated heterocycles. The van der Waals surface area contributed by atoms with E-state index in [9.17, 15) is 9.59 Å². The van der Waals surface area contributed by atoms with Gasteiger partial charge in [-0.05, 0) is 69.0 Å². The predicted octanol–water partition coefficient (Wildman–Crippen LogP) is 2.28. The van der Waals surface area contributed by atoms with Gasteiger partial charge in [-0.25, -0.2) is 4.79 Å². The Morgan fingerprint density at radius 1 is 1.06 bits per heavy atom. The molecule has 0 aliphatic carbocycles. The first-order valence-electron chi connectivity index (χ1n) is 11.3. The molecule has 1 amide bonds. The summed E-state index contributed by atoms with van der Waals surface area (Å²) in [5.41, 5.74) is 12.4. The number of benzene rings is 1. The van der Waals surface area contributed by atoms with E-state index < -0.39 is 0 Å². The van der Waals surface area contributed by atoms with E-state index in [0.29, 0.717) is 25.4 Å². The number of cyclic esters (lactones) is 1. The molecule has 5 rings (SSSR count). The molecular formula is C24H31N3O4. The Hall–Kier alpha value is -2.22. The molecule has 1 aromatic carbocycles. The Balaban J connectivity index is 1.22. The van der Waals surface area contributed by atoms with Crippen molar-refractivity contribution in [1.82, 2.24) is 9.80 Å². The van der Waals surface area contributed by atoms with Crippen molar-refractivity contribution in [2.24, 2.45) is 11.1 Å². The van der Waals surface area contributed by atoms with Crippen LogP contribution >= 0.6 is 0 Å². The van der Waals surface area contributed by atoms with Crippen LogP contribution in [0.5, 0.6) is 0 Å². The summed E-state index contributed by atoms with van der Waals surface area (Å²) in [5.74, 6) is 0.0420. The number of rotatable bonds is 4. The van der Waals surface area contributed by atoms with Crippen LogP contribution in [-0.2, 0) is 20.9 Å². The minimum atomic E-state index is -0.245. The second-order valence-electron chi connectivity index (χ2n) is 9.50. The maximum absolute atomic E-state index is 13.3. The van der Waals surface area contributed by atoms with Crippen LogP contribution in [-0.4, -0.2) is 61.1 Å². The van der Waals surface area contributed by atoms with Crippen LogP contribution in [0.25, 0.3) is 0 Å².